The lowest BCUT2D eigenvalue weighted by atomic mass is 10.0. The van der Waals surface area contributed by atoms with Gasteiger partial charge < -0.3 is 5.32 Å². The SMILES string of the molecule is Cl.Cl.N#CC[C@H](c1ccncc1)N1CCNCC1. The van der Waals surface area contributed by atoms with Crippen LogP contribution < -0.4 is 5.32 Å². The zero-order chi connectivity index (χ0) is 11.2. The molecule has 4 nitrogen and oxygen atoms in total. The molecule has 1 fully saturated rings. The summed E-state index contributed by atoms with van der Waals surface area (Å²) in [7, 11) is 0. The molecule has 1 aromatic rings. The molecular weight excluding hydrogens is 271 g/mol. The van der Waals surface area contributed by atoms with Crippen LogP contribution in [0.2, 0.25) is 0 Å². The molecule has 0 bridgehead atoms. The highest BCUT2D eigenvalue weighted by molar-refractivity contribution is 5.85. The van der Waals surface area contributed by atoms with Crippen LogP contribution in [0.15, 0.2) is 24.5 Å². The van der Waals surface area contributed by atoms with Gasteiger partial charge in [-0.05, 0) is 17.7 Å². The second-order valence-corrected chi connectivity index (χ2v) is 3.94. The van der Waals surface area contributed by atoms with Gasteiger partial charge in [-0.25, -0.2) is 0 Å². The van der Waals surface area contributed by atoms with E-state index in [0.29, 0.717) is 6.42 Å². The third kappa shape index (κ3) is 4.43. The minimum Gasteiger partial charge on any atom is -0.314 e. The van der Waals surface area contributed by atoms with Gasteiger partial charge in [0.1, 0.15) is 0 Å². The number of rotatable bonds is 3. The van der Waals surface area contributed by atoms with E-state index < -0.39 is 0 Å². The first-order valence-corrected chi connectivity index (χ1v) is 5.63. The standard InChI is InChI=1S/C12H16N4.2ClH/c13-4-1-12(11-2-5-14-6-3-11)16-9-7-15-8-10-16;;/h2-3,5-6,12,15H,1,7-10H2;2*1H/t12-;;/m1../s1. The highest BCUT2D eigenvalue weighted by Crippen LogP contribution is 2.23. The summed E-state index contributed by atoms with van der Waals surface area (Å²) in [5.41, 5.74) is 1.19. The fourth-order valence-electron chi connectivity index (χ4n) is 2.12. The van der Waals surface area contributed by atoms with Crippen LogP contribution >= 0.6 is 24.8 Å². The number of nitrogens with one attached hydrogen (secondary N) is 1. The third-order valence-electron chi connectivity index (χ3n) is 2.97. The molecular formula is C12H18Cl2N4. The topological polar surface area (TPSA) is 52.0 Å². The summed E-state index contributed by atoms with van der Waals surface area (Å²) < 4.78 is 0. The maximum Gasteiger partial charge on any atom is 0.0641 e. The fraction of sp³-hybridized carbons (Fsp3) is 0.500. The zero-order valence-corrected chi connectivity index (χ0v) is 11.7. The van der Waals surface area contributed by atoms with Crippen LogP contribution in [0, 0.1) is 11.3 Å². The molecule has 1 N–H and O–H groups in total. The zero-order valence-electron chi connectivity index (χ0n) is 10.1. The number of hydrogen-bond donors (Lipinski definition) is 1. The number of nitrogens with zero attached hydrogens (tertiary/aromatic N) is 3. The van der Waals surface area contributed by atoms with Crippen molar-refractivity contribution in [2.24, 2.45) is 0 Å². The fourth-order valence-corrected chi connectivity index (χ4v) is 2.12. The van der Waals surface area contributed by atoms with Gasteiger partial charge in [0.2, 0.25) is 0 Å². The summed E-state index contributed by atoms with van der Waals surface area (Å²) in [6.45, 7) is 4.03. The number of hydrogen-bond acceptors (Lipinski definition) is 4. The van der Waals surface area contributed by atoms with E-state index in [4.69, 9.17) is 5.26 Å². The predicted molar refractivity (Wildman–Crippen MR) is 76.1 cm³/mol. The van der Waals surface area contributed by atoms with Crippen molar-refractivity contribution in [1.29, 1.82) is 5.26 Å². The summed E-state index contributed by atoms with van der Waals surface area (Å²) in [6, 6.07) is 6.51. The number of pyridine rings is 1. The molecule has 0 radical (unpaired) electrons. The lowest BCUT2D eigenvalue weighted by molar-refractivity contribution is 0.175. The molecule has 1 aromatic heterocycles. The molecule has 1 atom stereocenters. The molecule has 1 aliphatic rings. The van der Waals surface area contributed by atoms with E-state index >= 15 is 0 Å². The van der Waals surface area contributed by atoms with Crippen molar-refractivity contribution in [1.82, 2.24) is 15.2 Å². The molecule has 2 heterocycles. The Balaban J connectivity index is 0.00000144. The van der Waals surface area contributed by atoms with Gasteiger partial charge in [0.05, 0.1) is 12.5 Å². The lowest BCUT2D eigenvalue weighted by Crippen LogP contribution is -2.45. The third-order valence-corrected chi connectivity index (χ3v) is 2.97. The van der Waals surface area contributed by atoms with Crippen LogP contribution in [-0.2, 0) is 0 Å². The van der Waals surface area contributed by atoms with Crippen LogP contribution in [0.25, 0.3) is 0 Å². The molecule has 0 unspecified atom stereocenters. The van der Waals surface area contributed by atoms with Crippen molar-refractivity contribution in [2.45, 2.75) is 12.5 Å². The molecule has 6 heteroatoms. The second kappa shape index (κ2) is 9.12. The Morgan fingerprint density at radius 2 is 1.89 bits per heavy atom. The smallest absolute Gasteiger partial charge is 0.0641 e. The molecule has 2 rings (SSSR count). The Morgan fingerprint density at radius 1 is 1.28 bits per heavy atom. The first kappa shape index (κ1) is 17.1. The van der Waals surface area contributed by atoms with Gasteiger partial charge in [-0.1, -0.05) is 0 Å². The van der Waals surface area contributed by atoms with E-state index in [1.807, 2.05) is 12.1 Å². The monoisotopic (exact) mass is 288 g/mol. The Morgan fingerprint density at radius 3 is 2.44 bits per heavy atom. The van der Waals surface area contributed by atoms with Crippen LogP contribution in [0.5, 0.6) is 0 Å². The minimum absolute atomic E-state index is 0. The van der Waals surface area contributed by atoms with Crippen molar-refractivity contribution in [2.75, 3.05) is 26.2 Å². The number of halogens is 2. The number of piperazine rings is 1. The van der Waals surface area contributed by atoms with Crippen molar-refractivity contribution < 1.29 is 0 Å². The Labute approximate surface area is 120 Å². The van der Waals surface area contributed by atoms with Crippen molar-refractivity contribution in [3.63, 3.8) is 0 Å². The largest absolute Gasteiger partial charge is 0.314 e. The van der Waals surface area contributed by atoms with E-state index in [1.54, 1.807) is 12.4 Å². The molecule has 0 aliphatic carbocycles. The van der Waals surface area contributed by atoms with Gasteiger partial charge >= 0.3 is 0 Å². The van der Waals surface area contributed by atoms with Crippen molar-refractivity contribution >= 4 is 24.8 Å². The quantitative estimate of drug-likeness (QED) is 0.921. The molecule has 0 amide bonds. The second-order valence-electron chi connectivity index (χ2n) is 3.94. The van der Waals surface area contributed by atoms with E-state index in [9.17, 15) is 0 Å². The Hall–Kier alpha value is -0.860. The predicted octanol–water partition coefficient (Wildman–Crippen LogP) is 1.79. The van der Waals surface area contributed by atoms with Gasteiger partial charge in [0, 0.05) is 44.6 Å². The van der Waals surface area contributed by atoms with Gasteiger partial charge in [-0.3, -0.25) is 9.88 Å². The van der Waals surface area contributed by atoms with Crippen LogP contribution in [0.1, 0.15) is 18.0 Å². The van der Waals surface area contributed by atoms with Crippen LogP contribution in [0.4, 0.5) is 0 Å². The summed E-state index contributed by atoms with van der Waals surface area (Å²) in [5, 5.41) is 12.2. The molecule has 1 saturated heterocycles. The summed E-state index contributed by atoms with van der Waals surface area (Å²) in [5.74, 6) is 0. The van der Waals surface area contributed by atoms with Gasteiger partial charge in [0.25, 0.3) is 0 Å². The van der Waals surface area contributed by atoms with Gasteiger partial charge in [0.15, 0.2) is 0 Å². The van der Waals surface area contributed by atoms with Crippen molar-refractivity contribution in [3.05, 3.63) is 30.1 Å². The normalized spacial score (nSPS) is 16.8. The molecule has 0 aromatic carbocycles. The van der Waals surface area contributed by atoms with Crippen molar-refractivity contribution in [3.8, 4) is 6.07 Å². The number of aromatic nitrogens is 1. The molecule has 0 spiro atoms. The van der Waals surface area contributed by atoms with Gasteiger partial charge in [-0.2, -0.15) is 5.26 Å². The van der Waals surface area contributed by atoms with E-state index in [1.165, 1.54) is 5.56 Å². The summed E-state index contributed by atoms with van der Waals surface area (Å²) in [6.07, 6.45) is 4.13. The molecule has 0 saturated carbocycles. The van der Waals surface area contributed by atoms with Crippen LogP contribution in [0.3, 0.4) is 0 Å². The first-order chi connectivity index (χ1) is 7.92. The number of nitriles is 1. The van der Waals surface area contributed by atoms with E-state index in [2.05, 4.69) is 21.3 Å². The molecule has 1 aliphatic heterocycles. The summed E-state index contributed by atoms with van der Waals surface area (Å²) >= 11 is 0. The average Bonchev–Trinajstić information content (AvgIpc) is 2.38. The maximum absolute atomic E-state index is 8.92. The highest BCUT2D eigenvalue weighted by Gasteiger charge is 2.21. The van der Waals surface area contributed by atoms with Gasteiger partial charge in [-0.15, -0.1) is 24.8 Å². The first-order valence-electron chi connectivity index (χ1n) is 5.63. The minimum atomic E-state index is 0. The van der Waals surface area contributed by atoms with E-state index in [0.717, 1.165) is 26.2 Å². The van der Waals surface area contributed by atoms with Crippen LogP contribution in [-0.4, -0.2) is 36.1 Å². The molecule has 100 valence electrons. The Kier molecular flexibility index (Phi) is 8.69. The summed E-state index contributed by atoms with van der Waals surface area (Å²) in [4.78, 5) is 6.39. The Bertz CT molecular complexity index is 360. The van der Waals surface area contributed by atoms with E-state index in [-0.39, 0.29) is 30.9 Å². The average molecular weight is 289 g/mol. The molecule has 18 heavy (non-hydrogen) atoms. The lowest BCUT2D eigenvalue weighted by Gasteiger charge is -2.33. The maximum atomic E-state index is 8.92. The highest BCUT2D eigenvalue weighted by atomic mass is 35.5.